The largest absolute Gasteiger partial charge is 0.449 e. The maximum Gasteiger partial charge on any atom is 0.449 e. The van der Waals surface area contributed by atoms with Crippen LogP contribution in [0, 0.1) is 5.82 Å². The summed E-state index contributed by atoms with van der Waals surface area (Å²) in [4.78, 5) is 17.6. The Labute approximate surface area is 153 Å². The minimum absolute atomic E-state index is 0.173. The Balaban J connectivity index is 1.90. The van der Waals surface area contributed by atoms with Gasteiger partial charge >= 0.3 is 6.18 Å². The highest BCUT2D eigenvalue weighted by molar-refractivity contribution is 5.81. The lowest BCUT2D eigenvalue weighted by Crippen LogP contribution is -2.33. The zero-order valence-corrected chi connectivity index (χ0v) is 14.7. The molecule has 1 aromatic heterocycles. The number of carbonyl (C=O) groups is 1. The lowest BCUT2D eigenvalue weighted by atomic mass is 10.1. The summed E-state index contributed by atoms with van der Waals surface area (Å²) in [5.74, 6) is -2.03. The first-order valence-electron chi connectivity index (χ1n) is 8.22. The number of fused-ring (bicyclic) bond motifs is 1. The SMILES string of the molecule is C[C@@H](c1ccc(F)cc1)N(C)C(=O)Cn1c(C(F)(F)F)nc2ccccc21. The van der Waals surface area contributed by atoms with E-state index < -0.39 is 36.3 Å². The summed E-state index contributed by atoms with van der Waals surface area (Å²) in [6, 6.07) is 11.3. The van der Waals surface area contributed by atoms with E-state index >= 15 is 0 Å². The van der Waals surface area contributed by atoms with E-state index in [1.54, 1.807) is 19.1 Å². The van der Waals surface area contributed by atoms with Gasteiger partial charge < -0.3 is 9.47 Å². The van der Waals surface area contributed by atoms with Crippen LogP contribution in [0.5, 0.6) is 0 Å². The lowest BCUT2D eigenvalue weighted by molar-refractivity contribution is -0.148. The van der Waals surface area contributed by atoms with Crippen molar-refractivity contribution < 1.29 is 22.4 Å². The van der Waals surface area contributed by atoms with Crippen molar-refractivity contribution in [2.24, 2.45) is 0 Å². The second kappa shape index (κ2) is 7.02. The molecule has 27 heavy (non-hydrogen) atoms. The minimum atomic E-state index is -4.68. The third-order valence-corrected chi connectivity index (χ3v) is 4.53. The molecule has 4 nitrogen and oxygen atoms in total. The van der Waals surface area contributed by atoms with Gasteiger partial charge in [0, 0.05) is 7.05 Å². The Morgan fingerprint density at radius 1 is 1.15 bits per heavy atom. The van der Waals surface area contributed by atoms with Gasteiger partial charge in [-0.2, -0.15) is 13.2 Å². The minimum Gasteiger partial charge on any atom is -0.337 e. The number of aromatic nitrogens is 2. The molecule has 2 aromatic carbocycles. The van der Waals surface area contributed by atoms with Gasteiger partial charge in [0.2, 0.25) is 11.7 Å². The van der Waals surface area contributed by atoms with Crippen molar-refractivity contribution in [3.63, 3.8) is 0 Å². The summed E-state index contributed by atoms with van der Waals surface area (Å²) in [7, 11) is 1.50. The molecule has 0 fully saturated rings. The molecule has 142 valence electrons. The molecule has 0 N–H and O–H groups in total. The van der Waals surface area contributed by atoms with Crippen molar-refractivity contribution in [3.8, 4) is 0 Å². The number of rotatable bonds is 4. The Kier molecular flexibility index (Phi) is 4.91. The third-order valence-electron chi connectivity index (χ3n) is 4.53. The van der Waals surface area contributed by atoms with Crippen molar-refractivity contribution in [3.05, 3.63) is 65.7 Å². The van der Waals surface area contributed by atoms with Crippen molar-refractivity contribution >= 4 is 16.9 Å². The van der Waals surface area contributed by atoms with E-state index in [0.717, 1.165) is 4.57 Å². The van der Waals surface area contributed by atoms with E-state index in [-0.39, 0.29) is 11.0 Å². The Morgan fingerprint density at radius 3 is 2.41 bits per heavy atom. The normalized spacial score (nSPS) is 13.0. The number of carbonyl (C=O) groups excluding carboxylic acids is 1. The summed E-state index contributed by atoms with van der Waals surface area (Å²) < 4.78 is 54.0. The molecule has 0 bridgehead atoms. The second-order valence-electron chi connectivity index (χ2n) is 6.24. The molecule has 0 saturated heterocycles. The lowest BCUT2D eigenvalue weighted by Gasteiger charge is -2.26. The molecular formula is C19H17F4N3O. The van der Waals surface area contributed by atoms with Gasteiger partial charge in [-0.3, -0.25) is 4.79 Å². The first kappa shape index (κ1) is 18.9. The van der Waals surface area contributed by atoms with Gasteiger partial charge in [-0.25, -0.2) is 9.37 Å². The zero-order chi connectivity index (χ0) is 19.8. The van der Waals surface area contributed by atoms with Gasteiger partial charge in [-0.15, -0.1) is 0 Å². The van der Waals surface area contributed by atoms with Gasteiger partial charge in [0.25, 0.3) is 0 Å². The van der Waals surface area contributed by atoms with Crippen LogP contribution in [0.1, 0.15) is 24.4 Å². The fraction of sp³-hybridized carbons (Fsp3) is 0.263. The van der Waals surface area contributed by atoms with E-state index in [2.05, 4.69) is 4.98 Å². The van der Waals surface area contributed by atoms with E-state index in [1.807, 2.05) is 0 Å². The highest BCUT2D eigenvalue weighted by Crippen LogP contribution is 2.31. The molecule has 8 heteroatoms. The Bertz CT molecular complexity index is 963. The number of nitrogens with zero attached hydrogens (tertiary/aromatic N) is 3. The smallest absolute Gasteiger partial charge is 0.337 e. The number of alkyl halides is 3. The highest BCUT2D eigenvalue weighted by Gasteiger charge is 2.38. The molecule has 3 rings (SSSR count). The van der Waals surface area contributed by atoms with Crippen molar-refractivity contribution in [1.29, 1.82) is 0 Å². The van der Waals surface area contributed by atoms with Crippen LogP contribution in [-0.2, 0) is 17.5 Å². The summed E-state index contributed by atoms with van der Waals surface area (Å²) in [5, 5.41) is 0. The van der Waals surface area contributed by atoms with Crippen LogP contribution >= 0.6 is 0 Å². The summed E-state index contributed by atoms with van der Waals surface area (Å²) in [5.41, 5.74) is 1.09. The third kappa shape index (κ3) is 3.79. The van der Waals surface area contributed by atoms with Gasteiger partial charge in [-0.05, 0) is 36.8 Å². The average molecular weight is 379 g/mol. The summed E-state index contributed by atoms with van der Waals surface area (Å²) >= 11 is 0. The number of benzene rings is 2. The first-order chi connectivity index (χ1) is 12.7. The van der Waals surface area contributed by atoms with Gasteiger partial charge in [0.15, 0.2) is 0 Å². The fourth-order valence-electron chi connectivity index (χ4n) is 2.88. The number of likely N-dealkylation sites (N-methyl/N-ethyl adjacent to an activating group) is 1. The number of hydrogen-bond donors (Lipinski definition) is 0. The highest BCUT2D eigenvalue weighted by atomic mass is 19.4. The number of hydrogen-bond acceptors (Lipinski definition) is 2. The fourth-order valence-corrected chi connectivity index (χ4v) is 2.88. The topological polar surface area (TPSA) is 38.1 Å². The van der Waals surface area contributed by atoms with Gasteiger partial charge in [0.05, 0.1) is 17.1 Å². The Hall–Kier alpha value is -2.90. The van der Waals surface area contributed by atoms with Crippen LogP contribution in [0.15, 0.2) is 48.5 Å². The molecule has 1 atom stereocenters. The molecular weight excluding hydrogens is 362 g/mol. The Morgan fingerprint density at radius 2 is 1.78 bits per heavy atom. The van der Waals surface area contributed by atoms with Crippen LogP contribution in [0.3, 0.4) is 0 Å². The summed E-state index contributed by atoms with van der Waals surface area (Å²) in [6.07, 6.45) is -4.68. The quantitative estimate of drug-likeness (QED) is 0.630. The molecule has 3 aromatic rings. The molecule has 0 saturated carbocycles. The molecule has 0 spiro atoms. The van der Waals surface area contributed by atoms with Gasteiger partial charge in [0.1, 0.15) is 12.4 Å². The number of halogens is 4. The molecule has 0 unspecified atom stereocenters. The monoisotopic (exact) mass is 379 g/mol. The molecule has 0 radical (unpaired) electrons. The van der Waals surface area contributed by atoms with Crippen molar-refractivity contribution in [1.82, 2.24) is 14.5 Å². The predicted molar refractivity (Wildman–Crippen MR) is 92.3 cm³/mol. The number of imidazole rings is 1. The van der Waals surface area contributed by atoms with E-state index in [0.29, 0.717) is 5.56 Å². The van der Waals surface area contributed by atoms with Crippen molar-refractivity contribution in [2.75, 3.05) is 7.05 Å². The number of para-hydroxylation sites is 2. The molecule has 0 aliphatic rings. The maximum atomic E-state index is 13.4. The van der Waals surface area contributed by atoms with Crippen LogP contribution < -0.4 is 0 Å². The zero-order valence-electron chi connectivity index (χ0n) is 14.7. The van der Waals surface area contributed by atoms with E-state index in [4.69, 9.17) is 0 Å². The van der Waals surface area contributed by atoms with Crippen molar-refractivity contribution in [2.45, 2.75) is 25.7 Å². The van der Waals surface area contributed by atoms with Crippen LogP contribution in [-0.4, -0.2) is 27.4 Å². The van der Waals surface area contributed by atoms with Crippen LogP contribution in [0.4, 0.5) is 17.6 Å². The molecule has 0 aliphatic carbocycles. The van der Waals surface area contributed by atoms with Crippen LogP contribution in [0.2, 0.25) is 0 Å². The van der Waals surface area contributed by atoms with E-state index in [1.165, 1.54) is 48.3 Å². The maximum absolute atomic E-state index is 13.4. The van der Waals surface area contributed by atoms with Gasteiger partial charge in [-0.1, -0.05) is 24.3 Å². The number of amides is 1. The molecule has 1 heterocycles. The molecule has 1 amide bonds. The van der Waals surface area contributed by atoms with E-state index in [9.17, 15) is 22.4 Å². The average Bonchev–Trinajstić information content (AvgIpc) is 3.00. The second-order valence-corrected chi connectivity index (χ2v) is 6.24. The first-order valence-corrected chi connectivity index (χ1v) is 8.22. The predicted octanol–water partition coefficient (Wildman–Crippen LogP) is 4.41. The standard InChI is InChI=1S/C19H17F4N3O/c1-12(13-7-9-14(20)10-8-13)25(2)17(27)11-26-16-6-4-3-5-15(16)24-18(26)19(21,22)23/h3-10,12H,11H2,1-2H3/t12-/m0/s1. The molecule has 0 aliphatic heterocycles. The summed E-state index contributed by atoms with van der Waals surface area (Å²) in [6.45, 7) is 1.22. The van der Waals surface area contributed by atoms with Crippen LogP contribution in [0.25, 0.3) is 11.0 Å².